The number of nitrogens with zero attached hydrogens (tertiary/aromatic N) is 2. The molecule has 2 heterocycles. The lowest BCUT2D eigenvalue weighted by molar-refractivity contribution is 1.10. The van der Waals surface area contributed by atoms with Crippen LogP contribution in [0.1, 0.15) is 0 Å². The number of halogens is 1. The molecule has 0 radical (unpaired) electrons. The summed E-state index contributed by atoms with van der Waals surface area (Å²) in [6.07, 6.45) is 3.58. The van der Waals surface area contributed by atoms with Gasteiger partial charge in [0.2, 0.25) is 0 Å². The van der Waals surface area contributed by atoms with Gasteiger partial charge in [-0.1, -0.05) is 60.7 Å². The summed E-state index contributed by atoms with van der Waals surface area (Å²) < 4.78 is 0. The highest BCUT2D eigenvalue weighted by Crippen LogP contribution is 2.36. The molecule has 0 spiro atoms. The van der Waals surface area contributed by atoms with E-state index in [1.165, 1.54) is 0 Å². The predicted octanol–water partition coefficient (Wildman–Crippen LogP) is 4.56. The smallest absolute Gasteiger partial charge is 0.141 e. The van der Waals surface area contributed by atoms with E-state index in [0.717, 1.165) is 33.9 Å². The van der Waals surface area contributed by atoms with Crippen LogP contribution < -0.4 is 0 Å². The van der Waals surface area contributed by atoms with Gasteiger partial charge in [-0.3, -0.25) is 5.10 Å². The van der Waals surface area contributed by atoms with Crippen molar-refractivity contribution < 1.29 is 0 Å². The van der Waals surface area contributed by atoms with Crippen molar-refractivity contribution in [3.63, 3.8) is 0 Å². The summed E-state index contributed by atoms with van der Waals surface area (Å²) in [5.41, 5.74) is 5.00. The van der Waals surface area contributed by atoms with Gasteiger partial charge in [0.1, 0.15) is 11.5 Å². The Morgan fingerprint density at radius 3 is 2.04 bits per heavy atom. The van der Waals surface area contributed by atoms with E-state index in [1.807, 2.05) is 42.6 Å². The van der Waals surface area contributed by atoms with Gasteiger partial charge < -0.3 is 4.98 Å². The third-order valence-corrected chi connectivity index (χ3v) is 3.61. The van der Waals surface area contributed by atoms with Crippen molar-refractivity contribution in [3.8, 4) is 33.9 Å². The van der Waals surface area contributed by atoms with Crippen LogP contribution in [0.15, 0.2) is 73.1 Å². The second-order valence-electron chi connectivity index (χ2n) is 4.99. The first-order valence-corrected chi connectivity index (χ1v) is 7.12. The summed E-state index contributed by atoms with van der Waals surface area (Å²) in [7, 11) is 0. The maximum Gasteiger partial charge on any atom is 0.141 e. The molecular weight excluding hydrogens is 308 g/mol. The molecule has 0 aliphatic rings. The number of nitrogens with one attached hydrogen (secondary N) is 2. The fraction of sp³-hybridized carbons (Fsp3) is 0. The topological polar surface area (TPSA) is 57.4 Å². The van der Waals surface area contributed by atoms with E-state index in [2.05, 4.69) is 44.4 Å². The Balaban J connectivity index is 0.00000156. The molecule has 0 aliphatic heterocycles. The summed E-state index contributed by atoms with van der Waals surface area (Å²) in [4.78, 5) is 7.60. The summed E-state index contributed by atoms with van der Waals surface area (Å²) >= 11 is 0. The second-order valence-corrected chi connectivity index (χ2v) is 4.99. The van der Waals surface area contributed by atoms with Crippen molar-refractivity contribution in [2.75, 3.05) is 0 Å². The first-order valence-electron chi connectivity index (χ1n) is 7.12. The summed E-state index contributed by atoms with van der Waals surface area (Å²) in [5, 5.41) is 7.70. The zero-order chi connectivity index (χ0) is 14.8. The molecule has 23 heavy (non-hydrogen) atoms. The van der Waals surface area contributed by atoms with Crippen LogP contribution in [0, 0.1) is 0 Å². The van der Waals surface area contributed by atoms with Crippen LogP contribution in [0.3, 0.4) is 0 Å². The Bertz CT molecular complexity index is 811. The van der Waals surface area contributed by atoms with Crippen LogP contribution in [0.5, 0.6) is 0 Å². The first kappa shape index (κ1) is 15.1. The molecule has 4 nitrogen and oxygen atoms in total. The van der Waals surface area contributed by atoms with Crippen LogP contribution in [0.2, 0.25) is 0 Å². The second kappa shape index (κ2) is 6.50. The Labute approximate surface area is 140 Å². The van der Waals surface area contributed by atoms with Crippen molar-refractivity contribution in [1.82, 2.24) is 20.2 Å². The number of benzene rings is 2. The van der Waals surface area contributed by atoms with Gasteiger partial charge in [-0.15, -0.1) is 12.4 Å². The molecule has 0 bridgehead atoms. The Hall–Kier alpha value is -2.85. The Morgan fingerprint density at radius 1 is 0.783 bits per heavy atom. The molecule has 0 unspecified atom stereocenters. The van der Waals surface area contributed by atoms with E-state index in [0.29, 0.717) is 0 Å². The lowest BCUT2D eigenvalue weighted by Crippen LogP contribution is -1.87. The van der Waals surface area contributed by atoms with Crippen molar-refractivity contribution in [1.29, 1.82) is 0 Å². The number of aromatic amines is 2. The zero-order valence-corrected chi connectivity index (χ0v) is 13.0. The molecule has 0 aliphatic carbocycles. The van der Waals surface area contributed by atoms with E-state index in [4.69, 9.17) is 0 Å². The standard InChI is InChI=1S/C18H14N4.ClH/c1-3-7-13(8-4-1)16-15(18-19-11-12-20-18)17(22-21-16)14-9-5-2-6-10-14;/h1-12H,(H,19,20)(H,21,22);1H. The highest BCUT2D eigenvalue weighted by Gasteiger charge is 2.19. The zero-order valence-electron chi connectivity index (χ0n) is 12.2. The summed E-state index contributed by atoms with van der Waals surface area (Å²) in [6.45, 7) is 0. The maximum atomic E-state index is 4.53. The minimum absolute atomic E-state index is 0. The molecule has 0 atom stereocenters. The highest BCUT2D eigenvalue weighted by atomic mass is 35.5. The normalized spacial score (nSPS) is 10.3. The van der Waals surface area contributed by atoms with Crippen molar-refractivity contribution >= 4 is 12.4 Å². The van der Waals surface area contributed by atoms with Gasteiger partial charge in [-0.05, 0) is 0 Å². The first-order chi connectivity index (χ1) is 10.9. The maximum absolute atomic E-state index is 4.53. The van der Waals surface area contributed by atoms with Crippen molar-refractivity contribution in [2.24, 2.45) is 0 Å². The highest BCUT2D eigenvalue weighted by molar-refractivity contribution is 5.88. The fourth-order valence-corrected chi connectivity index (χ4v) is 2.59. The van der Waals surface area contributed by atoms with Crippen LogP contribution in [0.25, 0.3) is 33.9 Å². The number of imidazole rings is 1. The number of rotatable bonds is 3. The molecule has 0 fully saturated rings. The van der Waals surface area contributed by atoms with Gasteiger partial charge in [0.25, 0.3) is 0 Å². The predicted molar refractivity (Wildman–Crippen MR) is 94.3 cm³/mol. The molecule has 4 aromatic rings. The molecule has 2 aromatic carbocycles. The third kappa shape index (κ3) is 2.76. The molecular formula is C18H15ClN4. The van der Waals surface area contributed by atoms with Crippen LogP contribution in [-0.2, 0) is 0 Å². The van der Waals surface area contributed by atoms with Gasteiger partial charge in [0, 0.05) is 23.5 Å². The molecule has 4 rings (SSSR count). The monoisotopic (exact) mass is 322 g/mol. The molecule has 2 N–H and O–H groups in total. The van der Waals surface area contributed by atoms with E-state index < -0.39 is 0 Å². The minimum atomic E-state index is 0. The van der Waals surface area contributed by atoms with E-state index in [1.54, 1.807) is 6.20 Å². The van der Waals surface area contributed by atoms with Gasteiger partial charge >= 0.3 is 0 Å². The molecule has 5 heteroatoms. The molecule has 0 saturated heterocycles. The van der Waals surface area contributed by atoms with Crippen molar-refractivity contribution in [2.45, 2.75) is 0 Å². The summed E-state index contributed by atoms with van der Waals surface area (Å²) in [5.74, 6) is 0.812. The fourth-order valence-electron chi connectivity index (χ4n) is 2.59. The average Bonchev–Trinajstić information content (AvgIpc) is 3.25. The number of hydrogen-bond donors (Lipinski definition) is 2. The molecule has 2 aromatic heterocycles. The van der Waals surface area contributed by atoms with E-state index in [9.17, 15) is 0 Å². The number of hydrogen-bond acceptors (Lipinski definition) is 2. The summed E-state index contributed by atoms with van der Waals surface area (Å²) in [6, 6.07) is 20.3. The quantitative estimate of drug-likeness (QED) is 0.581. The number of H-pyrrole nitrogens is 2. The lowest BCUT2D eigenvalue weighted by atomic mass is 10.0. The molecule has 0 saturated carbocycles. The minimum Gasteiger partial charge on any atom is -0.344 e. The van der Waals surface area contributed by atoms with Gasteiger partial charge in [0.05, 0.1) is 11.3 Å². The lowest BCUT2D eigenvalue weighted by Gasteiger charge is -2.04. The molecule has 114 valence electrons. The van der Waals surface area contributed by atoms with E-state index >= 15 is 0 Å². The van der Waals surface area contributed by atoms with Crippen LogP contribution >= 0.6 is 12.4 Å². The Morgan fingerprint density at radius 2 is 1.43 bits per heavy atom. The average molecular weight is 323 g/mol. The third-order valence-electron chi connectivity index (χ3n) is 3.61. The van der Waals surface area contributed by atoms with Crippen molar-refractivity contribution in [3.05, 3.63) is 73.1 Å². The van der Waals surface area contributed by atoms with Gasteiger partial charge in [-0.2, -0.15) is 5.10 Å². The van der Waals surface area contributed by atoms with Crippen LogP contribution in [0.4, 0.5) is 0 Å². The van der Waals surface area contributed by atoms with E-state index in [-0.39, 0.29) is 12.4 Å². The van der Waals surface area contributed by atoms with Gasteiger partial charge in [0.15, 0.2) is 0 Å². The van der Waals surface area contributed by atoms with Crippen LogP contribution in [-0.4, -0.2) is 20.2 Å². The Kier molecular flexibility index (Phi) is 4.26. The number of aromatic nitrogens is 4. The SMILES string of the molecule is Cl.c1ccc(-c2n[nH]c(-c3ccccc3)c2-c2ncc[nH]2)cc1. The largest absolute Gasteiger partial charge is 0.344 e. The molecule has 0 amide bonds. The van der Waals surface area contributed by atoms with Gasteiger partial charge in [-0.25, -0.2) is 4.98 Å².